The lowest BCUT2D eigenvalue weighted by Crippen LogP contribution is -2.69. The summed E-state index contributed by atoms with van der Waals surface area (Å²) in [7, 11) is 0. The standard InChI is InChI=1S/C24H26Cl3FN2O4/c25-17-3-1-15(11-19(17)27)33-10-9-29-24-7-5-23(6-8-24,13-21(24)31)30-22(32)14-34-16-2-4-18(26)20(28)12-16/h1-4,11-12,21,29,31H,5-10,13-14H2,(H,30,32). The average molecular weight is 532 g/mol. The number of nitrogens with one attached hydrogen (secondary N) is 2. The maximum Gasteiger partial charge on any atom is 0.258 e. The number of hydrogen-bond donors (Lipinski definition) is 3. The fraction of sp³-hybridized carbons (Fsp3) is 0.458. The van der Waals surface area contributed by atoms with Crippen LogP contribution in [0.25, 0.3) is 0 Å². The molecule has 2 aromatic carbocycles. The summed E-state index contributed by atoms with van der Waals surface area (Å²) >= 11 is 17.6. The lowest BCUT2D eigenvalue weighted by Gasteiger charge is -2.56. The van der Waals surface area contributed by atoms with Gasteiger partial charge in [-0.05, 0) is 56.4 Å². The third-order valence-corrected chi connectivity index (χ3v) is 7.77. The van der Waals surface area contributed by atoms with Gasteiger partial charge in [-0.15, -0.1) is 0 Å². The van der Waals surface area contributed by atoms with Crippen LogP contribution in [0.2, 0.25) is 15.1 Å². The van der Waals surface area contributed by atoms with Crippen LogP contribution >= 0.6 is 34.8 Å². The molecule has 1 unspecified atom stereocenters. The number of carbonyl (C=O) groups is 1. The Balaban J connectivity index is 1.24. The third-order valence-electron chi connectivity index (χ3n) is 6.73. The van der Waals surface area contributed by atoms with Crippen LogP contribution in [0.5, 0.6) is 11.5 Å². The Morgan fingerprint density at radius 3 is 2.32 bits per heavy atom. The summed E-state index contributed by atoms with van der Waals surface area (Å²) in [6.45, 7) is 0.730. The molecule has 2 bridgehead atoms. The number of ether oxygens (including phenoxy) is 2. The van der Waals surface area contributed by atoms with Gasteiger partial charge >= 0.3 is 0 Å². The molecule has 0 aromatic heterocycles. The average Bonchev–Trinajstić information content (AvgIpc) is 2.81. The molecule has 3 aliphatic carbocycles. The van der Waals surface area contributed by atoms with Crippen molar-refractivity contribution >= 4 is 40.7 Å². The minimum Gasteiger partial charge on any atom is -0.492 e. The Kier molecular flexibility index (Phi) is 7.79. The predicted octanol–water partition coefficient (Wildman–Crippen LogP) is 4.77. The Hall–Kier alpha value is -1.77. The molecule has 3 N–H and O–H groups in total. The number of aliphatic hydroxyl groups excluding tert-OH is 1. The van der Waals surface area contributed by atoms with E-state index >= 15 is 0 Å². The molecule has 3 aliphatic rings. The van der Waals surface area contributed by atoms with E-state index in [0.717, 1.165) is 31.7 Å². The van der Waals surface area contributed by atoms with Crippen molar-refractivity contribution in [3.8, 4) is 11.5 Å². The smallest absolute Gasteiger partial charge is 0.258 e. The first-order valence-electron chi connectivity index (χ1n) is 11.1. The number of fused-ring (bicyclic) bond motifs is 3. The fourth-order valence-corrected chi connectivity index (χ4v) is 5.24. The van der Waals surface area contributed by atoms with Gasteiger partial charge in [-0.1, -0.05) is 34.8 Å². The first-order valence-corrected chi connectivity index (χ1v) is 12.2. The van der Waals surface area contributed by atoms with E-state index in [-0.39, 0.29) is 23.3 Å². The van der Waals surface area contributed by atoms with Crippen LogP contribution in [-0.2, 0) is 4.79 Å². The van der Waals surface area contributed by atoms with Gasteiger partial charge in [0.05, 0.1) is 21.2 Å². The van der Waals surface area contributed by atoms with E-state index in [1.807, 2.05) is 0 Å². The summed E-state index contributed by atoms with van der Waals surface area (Å²) in [4.78, 5) is 12.5. The molecule has 6 nitrogen and oxygen atoms in total. The van der Waals surface area contributed by atoms with Crippen molar-refractivity contribution in [2.45, 2.75) is 49.3 Å². The molecule has 34 heavy (non-hydrogen) atoms. The minimum absolute atomic E-state index is 0.00730. The van der Waals surface area contributed by atoms with E-state index < -0.39 is 23.0 Å². The van der Waals surface area contributed by atoms with Crippen molar-refractivity contribution in [2.24, 2.45) is 0 Å². The molecule has 0 radical (unpaired) electrons. The van der Waals surface area contributed by atoms with Gasteiger partial charge in [-0.25, -0.2) is 4.39 Å². The highest BCUT2D eigenvalue weighted by Gasteiger charge is 2.54. The molecule has 10 heteroatoms. The van der Waals surface area contributed by atoms with E-state index in [1.54, 1.807) is 18.2 Å². The van der Waals surface area contributed by atoms with Crippen LogP contribution in [-0.4, -0.2) is 48.0 Å². The van der Waals surface area contributed by atoms with Crippen molar-refractivity contribution in [3.63, 3.8) is 0 Å². The van der Waals surface area contributed by atoms with Gasteiger partial charge in [0, 0.05) is 29.8 Å². The van der Waals surface area contributed by atoms with Crippen LogP contribution in [0.4, 0.5) is 4.39 Å². The second-order valence-electron chi connectivity index (χ2n) is 8.92. The summed E-state index contributed by atoms with van der Waals surface area (Å²) in [5, 5.41) is 18.3. The summed E-state index contributed by atoms with van der Waals surface area (Å²) in [5.74, 6) is -0.0491. The van der Waals surface area contributed by atoms with Gasteiger partial charge < -0.3 is 25.2 Å². The molecule has 0 spiro atoms. The van der Waals surface area contributed by atoms with Crippen LogP contribution < -0.4 is 20.1 Å². The zero-order chi connectivity index (χ0) is 24.3. The van der Waals surface area contributed by atoms with Crippen LogP contribution in [0, 0.1) is 5.82 Å². The second-order valence-corrected chi connectivity index (χ2v) is 10.1. The summed E-state index contributed by atoms with van der Waals surface area (Å²) < 4.78 is 24.7. The van der Waals surface area contributed by atoms with E-state index in [2.05, 4.69) is 10.6 Å². The van der Waals surface area contributed by atoms with Gasteiger partial charge in [-0.2, -0.15) is 0 Å². The number of rotatable bonds is 9. The second kappa shape index (κ2) is 10.5. The Bertz CT molecular complexity index is 1050. The SMILES string of the molecule is O=C(COc1ccc(Cl)c(F)c1)NC12CCC(NCCOc3ccc(Cl)c(Cl)c3)(CC1)C(O)C2. The van der Waals surface area contributed by atoms with Crippen molar-refractivity contribution in [1.29, 1.82) is 0 Å². The van der Waals surface area contributed by atoms with Crippen LogP contribution in [0.3, 0.4) is 0 Å². The Morgan fingerprint density at radius 1 is 1.00 bits per heavy atom. The number of benzene rings is 2. The largest absolute Gasteiger partial charge is 0.492 e. The van der Waals surface area contributed by atoms with Gasteiger partial charge in [0.2, 0.25) is 0 Å². The van der Waals surface area contributed by atoms with Gasteiger partial charge in [0.25, 0.3) is 5.91 Å². The quantitative estimate of drug-likeness (QED) is 0.407. The molecule has 3 saturated carbocycles. The molecular formula is C24H26Cl3FN2O4. The molecule has 1 atom stereocenters. The Morgan fingerprint density at radius 2 is 1.68 bits per heavy atom. The molecule has 184 valence electrons. The molecule has 0 saturated heterocycles. The maximum absolute atomic E-state index is 13.5. The number of amides is 1. The summed E-state index contributed by atoms with van der Waals surface area (Å²) in [6.07, 6.45) is 2.79. The predicted molar refractivity (Wildman–Crippen MR) is 130 cm³/mol. The molecular weight excluding hydrogens is 506 g/mol. The molecule has 3 fully saturated rings. The highest BCUT2D eigenvalue weighted by molar-refractivity contribution is 6.42. The zero-order valence-electron chi connectivity index (χ0n) is 18.4. The van der Waals surface area contributed by atoms with Crippen molar-refractivity contribution in [3.05, 3.63) is 57.3 Å². The highest BCUT2D eigenvalue weighted by Crippen LogP contribution is 2.47. The molecule has 0 heterocycles. The topological polar surface area (TPSA) is 79.8 Å². The van der Waals surface area contributed by atoms with Crippen LogP contribution in [0.1, 0.15) is 32.1 Å². The number of carbonyl (C=O) groups excluding carboxylic acids is 1. The van der Waals surface area contributed by atoms with E-state index in [4.69, 9.17) is 44.3 Å². The number of hydrogen-bond acceptors (Lipinski definition) is 5. The van der Waals surface area contributed by atoms with E-state index in [1.165, 1.54) is 12.1 Å². The lowest BCUT2D eigenvalue weighted by molar-refractivity contribution is -0.129. The van der Waals surface area contributed by atoms with Crippen LogP contribution in [0.15, 0.2) is 36.4 Å². The summed E-state index contributed by atoms with van der Waals surface area (Å²) in [6, 6.07) is 9.14. The van der Waals surface area contributed by atoms with Crippen molar-refractivity contribution in [1.82, 2.24) is 10.6 Å². The first kappa shape index (κ1) is 25.3. The molecule has 0 aliphatic heterocycles. The van der Waals surface area contributed by atoms with Crippen molar-refractivity contribution < 1.29 is 23.8 Å². The number of halogens is 4. The van der Waals surface area contributed by atoms with E-state index in [0.29, 0.717) is 35.4 Å². The van der Waals surface area contributed by atoms with E-state index in [9.17, 15) is 14.3 Å². The Labute approximate surface area is 212 Å². The first-order chi connectivity index (χ1) is 16.2. The minimum atomic E-state index is -0.605. The number of aliphatic hydroxyl groups is 1. The summed E-state index contributed by atoms with van der Waals surface area (Å²) in [5.41, 5.74) is -0.865. The monoisotopic (exact) mass is 530 g/mol. The van der Waals surface area contributed by atoms with Gasteiger partial charge in [-0.3, -0.25) is 4.79 Å². The lowest BCUT2D eigenvalue weighted by atomic mass is 9.60. The molecule has 1 amide bonds. The normalized spacial score (nSPS) is 25.7. The molecule has 2 aromatic rings. The zero-order valence-corrected chi connectivity index (χ0v) is 20.6. The fourth-order valence-electron chi connectivity index (χ4n) is 4.83. The van der Waals surface area contributed by atoms with Crippen molar-refractivity contribution in [2.75, 3.05) is 19.8 Å². The maximum atomic E-state index is 13.5. The van der Waals surface area contributed by atoms with Gasteiger partial charge in [0.1, 0.15) is 23.9 Å². The highest BCUT2D eigenvalue weighted by atomic mass is 35.5. The van der Waals surface area contributed by atoms with Gasteiger partial charge in [0.15, 0.2) is 6.61 Å². The third kappa shape index (κ3) is 5.71. The molecule has 5 rings (SSSR count).